The van der Waals surface area contributed by atoms with Gasteiger partial charge in [-0.3, -0.25) is 0 Å². The molecule has 1 aliphatic heterocycles. The Morgan fingerprint density at radius 2 is 2.05 bits per heavy atom. The Hall–Kier alpha value is -1.76. The third kappa shape index (κ3) is 4.13. The predicted octanol–water partition coefficient (Wildman–Crippen LogP) is 1.41. The number of urea groups is 1. The van der Waals surface area contributed by atoms with Gasteiger partial charge in [0, 0.05) is 19.1 Å². The quantitative estimate of drug-likeness (QED) is 0.888. The van der Waals surface area contributed by atoms with Crippen LogP contribution in [0.2, 0.25) is 0 Å². The summed E-state index contributed by atoms with van der Waals surface area (Å²) in [5.74, 6) is 0.998. The van der Waals surface area contributed by atoms with Gasteiger partial charge in [-0.1, -0.05) is 12.1 Å². The number of amides is 2. The Labute approximate surface area is 131 Å². The van der Waals surface area contributed by atoms with Crippen LogP contribution in [-0.4, -0.2) is 50.6 Å². The van der Waals surface area contributed by atoms with E-state index in [1.54, 1.807) is 12.0 Å². The maximum Gasteiger partial charge on any atom is 0.317 e. The van der Waals surface area contributed by atoms with Crippen molar-refractivity contribution in [1.29, 1.82) is 0 Å². The molecule has 2 amide bonds. The fourth-order valence-corrected chi connectivity index (χ4v) is 4.34. The summed E-state index contributed by atoms with van der Waals surface area (Å²) in [5, 5.41) is 2.84. The van der Waals surface area contributed by atoms with Crippen molar-refractivity contribution in [3.05, 3.63) is 29.8 Å². The minimum absolute atomic E-state index is 0.0663. The molecule has 22 heavy (non-hydrogen) atoms. The van der Waals surface area contributed by atoms with Gasteiger partial charge < -0.3 is 15.0 Å². The van der Waals surface area contributed by atoms with E-state index in [2.05, 4.69) is 5.32 Å². The lowest BCUT2D eigenvalue weighted by atomic mass is 10.2. The van der Waals surface area contributed by atoms with Gasteiger partial charge in [-0.2, -0.15) is 0 Å². The first-order valence-corrected chi connectivity index (χ1v) is 9.15. The molecule has 6 nitrogen and oxygen atoms in total. The summed E-state index contributed by atoms with van der Waals surface area (Å²) in [5.41, 5.74) is 0.962. The zero-order chi connectivity index (χ0) is 16.2. The van der Waals surface area contributed by atoms with E-state index in [0.29, 0.717) is 19.5 Å². The van der Waals surface area contributed by atoms with Gasteiger partial charge >= 0.3 is 6.03 Å². The Bertz CT molecular complexity index is 613. The summed E-state index contributed by atoms with van der Waals surface area (Å²) >= 11 is 0. The molecule has 0 radical (unpaired) electrons. The fourth-order valence-electron chi connectivity index (χ4n) is 2.61. The number of methoxy groups -OCH3 is 1. The van der Waals surface area contributed by atoms with E-state index in [9.17, 15) is 13.2 Å². The number of carbonyl (C=O) groups excluding carboxylic acids is 1. The van der Waals surface area contributed by atoms with E-state index in [1.165, 1.54) is 0 Å². The number of ether oxygens (including phenoxy) is 1. The first kappa shape index (κ1) is 16.6. The number of carbonyl (C=O) groups is 1. The highest BCUT2D eigenvalue weighted by Crippen LogP contribution is 2.18. The third-order valence-electron chi connectivity index (χ3n) is 3.85. The predicted molar refractivity (Wildman–Crippen MR) is 84.7 cm³/mol. The van der Waals surface area contributed by atoms with E-state index in [0.717, 1.165) is 11.3 Å². The Morgan fingerprint density at radius 3 is 2.55 bits per heavy atom. The largest absolute Gasteiger partial charge is 0.497 e. The summed E-state index contributed by atoms with van der Waals surface area (Å²) in [6, 6.07) is 7.00. The van der Waals surface area contributed by atoms with Crippen molar-refractivity contribution in [2.75, 3.05) is 25.2 Å². The van der Waals surface area contributed by atoms with E-state index >= 15 is 0 Å². The molecule has 0 spiro atoms. The fraction of sp³-hybridized carbons (Fsp3) is 0.533. The number of hydrogen-bond acceptors (Lipinski definition) is 4. The van der Waals surface area contributed by atoms with Gasteiger partial charge in [-0.15, -0.1) is 0 Å². The smallest absolute Gasteiger partial charge is 0.317 e. The van der Waals surface area contributed by atoms with Gasteiger partial charge in [-0.05, 0) is 31.0 Å². The molecule has 1 aromatic rings. The van der Waals surface area contributed by atoms with Crippen molar-refractivity contribution in [3.63, 3.8) is 0 Å². The van der Waals surface area contributed by atoms with Crippen LogP contribution in [0.5, 0.6) is 5.75 Å². The van der Waals surface area contributed by atoms with Crippen LogP contribution in [0.25, 0.3) is 0 Å². The number of nitrogens with one attached hydrogen (secondary N) is 1. The van der Waals surface area contributed by atoms with Crippen LogP contribution in [0, 0.1) is 0 Å². The van der Waals surface area contributed by atoms with Gasteiger partial charge in [0.1, 0.15) is 5.75 Å². The molecule has 1 fully saturated rings. The van der Waals surface area contributed by atoms with Crippen LogP contribution in [0.4, 0.5) is 4.79 Å². The lowest BCUT2D eigenvalue weighted by molar-refractivity contribution is 0.183. The lowest BCUT2D eigenvalue weighted by Crippen LogP contribution is -2.46. The van der Waals surface area contributed by atoms with Gasteiger partial charge in [0.25, 0.3) is 0 Å². The standard InChI is InChI=1S/C15H22N2O4S/c1-3-17(13-8-9-22(19,20)11-13)15(18)16-10-12-4-6-14(21-2)7-5-12/h4-7,13H,3,8-11H2,1-2H3,(H,16,18). The summed E-state index contributed by atoms with van der Waals surface area (Å²) in [6.45, 7) is 2.76. The first-order chi connectivity index (χ1) is 10.4. The van der Waals surface area contributed by atoms with Gasteiger partial charge in [0.2, 0.25) is 0 Å². The van der Waals surface area contributed by atoms with Crippen molar-refractivity contribution >= 4 is 15.9 Å². The molecule has 0 aromatic heterocycles. The summed E-state index contributed by atoms with van der Waals surface area (Å²) in [4.78, 5) is 13.9. The zero-order valence-electron chi connectivity index (χ0n) is 12.9. The first-order valence-electron chi connectivity index (χ1n) is 7.33. The van der Waals surface area contributed by atoms with Crippen molar-refractivity contribution < 1.29 is 17.9 Å². The molecule has 0 saturated carbocycles. The highest BCUT2D eigenvalue weighted by atomic mass is 32.2. The normalized spacial score (nSPS) is 19.6. The topological polar surface area (TPSA) is 75.7 Å². The van der Waals surface area contributed by atoms with Gasteiger partial charge in [0.15, 0.2) is 9.84 Å². The Morgan fingerprint density at radius 1 is 1.36 bits per heavy atom. The number of hydrogen-bond donors (Lipinski definition) is 1. The molecule has 1 N–H and O–H groups in total. The molecule has 1 aromatic carbocycles. The zero-order valence-corrected chi connectivity index (χ0v) is 13.7. The van der Waals surface area contributed by atoms with Crippen molar-refractivity contribution in [3.8, 4) is 5.75 Å². The van der Waals surface area contributed by atoms with Crippen LogP contribution in [0.1, 0.15) is 18.9 Å². The maximum atomic E-state index is 12.3. The minimum Gasteiger partial charge on any atom is -0.497 e. The monoisotopic (exact) mass is 326 g/mol. The van der Waals surface area contributed by atoms with Crippen LogP contribution in [0.3, 0.4) is 0 Å². The van der Waals surface area contributed by atoms with Crippen LogP contribution < -0.4 is 10.1 Å². The van der Waals surface area contributed by atoms with Crippen molar-refractivity contribution in [2.24, 2.45) is 0 Å². The Kier molecular flexibility index (Phi) is 5.28. The summed E-state index contributed by atoms with van der Waals surface area (Å²) in [6.07, 6.45) is 0.520. The summed E-state index contributed by atoms with van der Waals surface area (Å²) < 4.78 is 28.2. The van der Waals surface area contributed by atoms with E-state index in [1.807, 2.05) is 31.2 Å². The van der Waals surface area contributed by atoms with Crippen LogP contribution in [-0.2, 0) is 16.4 Å². The van der Waals surface area contributed by atoms with Gasteiger partial charge in [-0.25, -0.2) is 13.2 Å². The number of nitrogens with zero attached hydrogens (tertiary/aromatic N) is 1. The average Bonchev–Trinajstić information content (AvgIpc) is 2.86. The highest BCUT2D eigenvalue weighted by molar-refractivity contribution is 7.91. The number of sulfone groups is 1. The Balaban J connectivity index is 1.92. The highest BCUT2D eigenvalue weighted by Gasteiger charge is 2.33. The second-order valence-electron chi connectivity index (χ2n) is 5.35. The molecule has 1 saturated heterocycles. The molecular formula is C15H22N2O4S. The molecule has 1 aliphatic rings. The molecule has 1 atom stereocenters. The van der Waals surface area contributed by atoms with Crippen molar-refractivity contribution in [1.82, 2.24) is 10.2 Å². The van der Waals surface area contributed by atoms with Gasteiger partial charge in [0.05, 0.1) is 18.6 Å². The molecule has 1 unspecified atom stereocenters. The number of rotatable bonds is 5. The van der Waals surface area contributed by atoms with E-state index in [-0.39, 0.29) is 23.6 Å². The molecule has 7 heteroatoms. The van der Waals surface area contributed by atoms with E-state index in [4.69, 9.17) is 4.74 Å². The summed E-state index contributed by atoms with van der Waals surface area (Å²) in [7, 11) is -1.39. The molecular weight excluding hydrogens is 304 g/mol. The lowest BCUT2D eigenvalue weighted by Gasteiger charge is -2.27. The van der Waals surface area contributed by atoms with Crippen molar-refractivity contribution in [2.45, 2.75) is 25.9 Å². The molecule has 1 heterocycles. The minimum atomic E-state index is -2.99. The third-order valence-corrected chi connectivity index (χ3v) is 5.60. The van der Waals surface area contributed by atoms with Crippen LogP contribution in [0.15, 0.2) is 24.3 Å². The second-order valence-corrected chi connectivity index (χ2v) is 7.58. The maximum absolute atomic E-state index is 12.3. The molecule has 122 valence electrons. The van der Waals surface area contributed by atoms with E-state index < -0.39 is 9.84 Å². The SMILES string of the molecule is CCN(C(=O)NCc1ccc(OC)cc1)C1CCS(=O)(=O)C1. The number of benzene rings is 1. The van der Waals surface area contributed by atoms with Crippen LogP contribution >= 0.6 is 0 Å². The second kappa shape index (κ2) is 7.00. The molecule has 0 bridgehead atoms. The molecule has 0 aliphatic carbocycles. The molecule has 2 rings (SSSR count). The average molecular weight is 326 g/mol.